The zero-order valence-electron chi connectivity index (χ0n) is 11.2. The smallest absolute Gasteiger partial charge is 0.344 e. The third-order valence-corrected chi connectivity index (χ3v) is 3.14. The molecule has 0 spiro atoms. The van der Waals surface area contributed by atoms with E-state index in [0.717, 1.165) is 10.8 Å². The van der Waals surface area contributed by atoms with Gasteiger partial charge in [-0.3, -0.25) is 4.79 Å². The van der Waals surface area contributed by atoms with E-state index in [-0.39, 0.29) is 0 Å². The first-order valence-corrected chi connectivity index (χ1v) is 6.53. The van der Waals surface area contributed by atoms with E-state index in [0.29, 0.717) is 30.4 Å². The molecule has 2 aromatic rings. The van der Waals surface area contributed by atoms with Gasteiger partial charge < -0.3 is 9.84 Å². The van der Waals surface area contributed by atoms with Crippen molar-refractivity contribution in [2.75, 3.05) is 0 Å². The van der Waals surface area contributed by atoms with E-state index in [1.54, 1.807) is 6.07 Å². The molecule has 0 saturated carbocycles. The van der Waals surface area contributed by atoms with Crippen molar-refractivity contribution in [3.8, 4) is 5.75 Å². The van der Waals surface area contributed by atoms with Crippen LogP contribution in [0.4, 0.5) is 0 Å². The second-order valence-corrected chi connectivity index (χ2v) is 4.55. The van der Waals surface area contributed by atoms with Crippen LogP contribution in [0.2, 0.25) is 0 Å². The molecular formula is C16H16O4. The summed E-state index contributed by atoms with van der Waals surface area (Å²) in [5.74, 6) is -0.698. The van der Waals surface area contributed by atoms with Crippen molar-refractivity contribution < 1.29 is 19.4 Å². The molecule has 0 heterocycles. The molecule has 0 aromatic heterocycles. The fourth-order valence-corrected chi connectivity index (χ4v) is 2.15. The van der Waals surface area contributed by atoms with E-state index >= 15 is 0 Å². The first-order valence-electron chi connectivity index (χ1n) is 6.53. The minimum atomic E-state index is -1.02. The Labute approximate surface area is 117 Å². The number of carboxylic acid groups (broad SMARTS) is 1. The lowest BCUT2D eigenvalue weighted by Gasteiger charge is -2.16. The van der Waals surface area contributed by atoms with Crippen LogP contribution in [0.15, 0.2) is 36.4 Å². The average Bonchev–Trinajstić information content (AvgIpc) is 2.46. The van der Waals surface area contributed by atoms with Crippen molar-refractivity contribution in [3.05, 3.63) is 42.0 Å². The molecule has 0 aliphatic heterocycles. The van der Waals surface area contributed by atoms with Gasteiger partial charge in [0.25, 0.3) is 0 Å². The molecule has 4 heteroatoms. The minimum Gasteiger partial charge on any atom is -0.479 e. The van der Waals surface area contributed by atoms with Gasteiger partial charge in [0.05, 0.1) is 5.56 Å². The SMILES string of the molecule is CCCC(Oc1ccc2ccccc2c1C=O)C(=O)O. The second kappa shape index (κ2) is 6.19. The maximum absolute atomic E-state index is 11.3. The molecule has 20 heavy (non-hydrogen) atoms. The second-order valence-electron chi connectivity index (χ2n) is 4.55. The number of carbonyl (C=O) groups is 2. The molecule has 1 unspecified atom stereocenters. The van der Waals surface area contributed by atoms with Crippen LogP contribution in [-0.2, 0) is 4.79 Å². The number of benzene rings is 2. The highest BCUT2D eigenvalue weighted by atomic mass is 16.5. The van der Waals surface area contributed by atoms with E-state index in [2.05, 4.69) is 0 Å². The van der Waals surface area contributed by atoms with Gasteiger partial charge in [-0.2, -0.15) is 0 Å². The van der Waals surface area contributed by atoms with Crippen molar-refractivity contribution >= 4 is 23.0 Å². The number of ether oxygens (including phenoxy) is 1. The Balaban J connectivity index is 2.43. The van der Waals surface area contributed by atoms with Gasteiger partial charge in [0.1, 0.15) is 5.75 Å². The molecule has 4 nitrogen and oxygen atoms in total. The molecule has 0 saturated heterocycles. The van der Waals surface area contributed by atoms with Crippen LogP contribution < -0.4 is 4.74 Å². The summed E-state index contributed by atoms with van der Waals surface area (Å²) in [4.78, 5) is 22.5. The van der Waals surface area contributed by atoms with Gasteiger partial charge in [0, 0.05) is 0 Å². The van der Waals surface area contributed by atoms with Gasteiger partial charge in [0.15, 0.2) is 12.4 Å². The van der Waals surface area contributed by atoms with Crippen molar-refractivity contribution in [1.29, 1.82) is 0 Å². The van der Waals surface area contributed by atoms with Crippen molar-refractivity contribution in [1.82, 2.24) is 0 Å². The van der Waals surface area contributed by atoms with Gasteiger partial charge in [-0.15, -0.1) is 0 Å². The number of hydrogen-bond acceptors (Lipinski definition) is 3. The van der Waals surface area contributed by atoms with E-state index in [1.165, 1.54) is 0 Å². The van der Waals surface area contributed by atoms with Gasteiger partial charge in [-0.05, 0) is 23.3 Å². The lowest BCUT2D eigenvalue weighted by molar-refractivity contribution is -0.145. The Kier molecular flexibility index (Phi) is 4.35. The summed E-state index contributed by atoms with van der Waals surface area (Å²) in [7, 11) is 0. The van der Waals surface area contributed by atoms with E-state index in [1.807, 2.05) is 37.3 Å². The predicted molar refractivity (Wildman–Crippen MR) is 76.3 cm³/mol. The van der Waals surface area contributed by atoms with Crippen LogP contribution in [0.1, 0.15) is 30.1 Å². The standard InChI is InChI=1S/C16H16O4/c1-2-5-15(16(18)19)20-14-9-8-11-6-3-4-7-12(11)13(14)10-17/h3-4,6-10,15H,2,5H2,1H3,(H,18,19). The summed E-state index contributed by atoms with van der Waals surface area (Å²) in [6.07, 6.45) is 0.879. The minimum absolute atomic E-state index is 0.319. The number of aldehydes is 1. The molecule has 0 radical (unpaired) electrons. The summed E-state index contributed by atoms with van der Waals surface area (Å²) in [6.45, 7) is 1.89. The molecule has 0 aliphatic rings. The first-order chi connectivity index (χ1) is 9.67. The highest BCUT2D eigenvalue weighted by Gasteiger charge is 2.20. The van der Waals surface area contributed by atoms with Crippen molar-refractivity contribution in [2.24, 2.45) is 0 Å². The lowest BCUT2D eigenvalue weighted by atomic mass is 10.0. The molecule has 0 amide bonds. The predicted octanol–water partition coefficient (Wildman–Crippen LogP) is 3.28. The maximum atomic E-state index is 11.3. The molecule has 104 valence electrons. The van der Waals surface area contributed by atoms with Crippen LogP contribution >= 0.6 is 0 Å². The fraction of sp³-hybridized carbons (Fsp3) is 0.250. The van der Waals surface area contributed by atoms with Gasteiger partial charge in [-0.25, -0.2) is 4.79 Å². The summed E-state index contributed by atoms with van der Waals surface area (Å²) >= 11 is 0. The van der Waals surface area contributed by atoms with Crippen LogP contribution in [0.3, 0.4) is 0 Å². The molecular weight excluding hydrogens is 256 g/mol. The summed E-state index contributed by atoms with van der Waals surface area (Å²) in [6, 6.07) is 10.9. The zero-order valence-corrected chi connectivity index (χ0v) is 11.2. The lowest BCUT2D eigenvalue weighted by Crippen LogP contribution is -2.27. The Hall–Kier alpha value is -2.36. The Morgan fingerprint density at radius 1 is 1.30 bits per heavy atom. The van der Waals surface area contributed by atoms with E-state index in [9.17, 15) is 9.59 Å². The highest BCUT2D eigenvalue weighted by Crippen LogP contribution is 2.27. The van der Waals surface area contributed by atoms with E-state index < -0.39 is 12.1 Å². The van der Waals surface area contributed by atoms with Gasteiger partial charge in [0.2, 0.25) is 0 Å². The third kappa shape index (κ3) is 2.79. The highest BCUT2D eigenvalue weighted by molar-refractivity contribution is 6.00. The number of rotatable bonds is 6. The quantitative estimate of drug-likeness (QED) is 0.820. The van der Waals surface area contributed by atoms with E-state index in [4.69, 9.17) is 9.84 Å². The molecule has 1 N–H and O–H groups in total. The number of fused-ring (bicyclic) bond motifs is 1. The van der Waals surface area contributed by atoms with Gasteiger partial charge >= 0.3 is 5.97 Å². The monoisotopic (exact) mass is 272 g/mol. The Morgan fingerprint density at radius 2 is 2.05 bits per heavy atom. The van der Waals surface area contributed by atoms with Crippen LogP contribution in [0, 0.1) is 0 Å². The number of carboxylic acids is 1. The largest absolute Gasteiger partial charge is 0.479 e. The normalized spacial score (nSPS) is 12.1. The maximum Gasteiger partial charge on any atom is 0.344 e. The number of aliphatic carboxylic acids is 1. The topological polar surface area (TPSA) is 63.6 Å². The van der Waals surface area contributed by atoms with Gasteiger partial charge in [-0.1, -0.05) is 43.7 Å². The molecule has 2 rings (SSSR count). The van der Waals surface area contributed by atoms with Crippen molar-refractivity contribution in [2.45, 2.75) is 25.9 Å². The van der Waals surface area contributed by atoms with Crippen LogP contribution in [0.25, 0.3) is 10.8 Å². The molecule has 2 aromatic carbocycles. The molecule has 1 atom stereocenters. The zero-order chi connectivity index (χ0) is 14.5. The molecule has 0 bridgehead atoms. The average molecular weight is 272 g/mol. The fourth-order valence-electron chi connectivity index (χ4n) is 2.15. The molecule has 0 aliphatic carbocycles. The summed E-state index contributed by atoms with van der Waals surface area (Å²) < 4.78 is 5.52. The van der Waals surface area contributed by atoms with Crippen LogP contribution in [0.5, 0.6) is 5.75 Å². The summed E-state index contributed by atoms with van der Waals surface area (Å²) in [5, 5.41) is 10.8. The third-order valence-electron chi connectivity index (χ3n) is 3.14. The Bertz CT molecular complexity index is 633. The number of hydrogen-bond donors (Lipinski definition) is 1. The first kappa shape index (κ1) is 14.1. The van der Waals surface area contributed by atoms with Crippen molar-refractivity contribution in [3.63, 3.8) is 0 Å². The number of carbonyl (C=O) groups excluding carboxylic acids is 1. The summed E-state index contributed by atoms with van der Waals surface area (Å²) in [5.41, 5.74) is 0.394. The Morgan fingerprint density at radius 3 is 2.70 bits per heavy atom. The van der Waals surface area contributed by atoms with Crippen LogP contribution in [-0.4, -0.2) is 23.5 Å². The molecule has 0 fully saturated rings.